The van der Waals surface area contributed by atoms with Crippen LogP contribution in [0.5, 0.6) is 0 Å². The van der Waals surface area contributed by atoms with Crippen LogP contribution in [-0.2, 0) is 6.54 Å². The van der Waals surface area contributed by atoms with Gasteiger partial charge in [-0.15, -0.1) is 11.3 Å². The molecule has 98 valence electrons. The average molecular weight is 281 g/mol. The molecule has 0 fully saturated rings. The van der Waals surface area contributed by atoms with Gasteiger partial charge in [-0.3, -0.25) is 14.9 Å². The second-order valence-corrected chi connectivity index (χ2v) is 4.30. The van der Waals surface area contributed by atoms with Gasteiger partial charge in [0.25, 0.3) is 11.6 Å². The van der Waals surface area contributed by atoms with Gasteiger partial charge in [-0.2, -0.15) is 0 Å². The molecule has 0 aliphatic carbocycles. The lowest BCUT2D eigenvalue weighted by molar-refractivity contribution is -0.385. The highest BCUT2D eigenvalue weighted by molar-refractivity contribution is 7.07. The lowest BCUT2D eigenvalue weighted by Gasteiger charge is -2.04. The van der Waals surface area contributed by atoms with E-state index in [1.165, 1.54) is 11.3 Å². The van der Waals surface area contributed by atoms with Gasteiger partial charge >= 0.3 is 0 Å². The molecule has 0 saturated heterocycles. The molecular formula is C11H8FN3O3S. The summed E-state index contributed by atoms with van der Waals surface area (Å²) in [6, 6.07) is 2.75. The summed E-state index contributed by atoms with van der Waals surface area (Å²) < 4.78 is 13.1. The van der Waals surface area contributed by atoms with Crippen LogP contribution in [0, 0.1) is 15.9 Å². The fourth-order valence-corrected chi connectivity index (χ4v) is 2.00. The van der Waals surface area contributed by atoms with Crippen molar-refractivity contribution in [3.63, 3.8) is 0 Å². The Kier molecular flexibility index (Phi) is 3.81. The molecule has 1 heterocycles. The molecule has 0 spiro atoms. The summed E-state index contributed by atoms with van der Waals surface area (Å²) in [6.45, 7) is 0.135. The molecule has 1 N–H and O–H groups in total. The van der Waals surface area contributed by atoms with Crippen molar-refractivity contribution in [2.75, 3.05) is 0 Å². The number of nitrogens with one attached hydrogen (secondary N) is 1. The Labute approximate surface area is 111 Å². The Morgan fingerprint density at radius 1 is 1.53 bits per heavy atom. The second-order valence-electron chi connectivity index (χ2n) is 3.58. The molecule has 2 aromatic rings. The van der Waals surface area contributed by atoms with Crippen LogP contribution in [0.3, 0.4) is 0 Å². The number of nitro groups is 1. The highest BCUT2D eigenvalue weighted by atomic mass is 32.1. The van der Waals surface area contributed by atoms with Gasteiger partial charge in [-0.05, 0) is 12.1 Å². The van der Waals surface area contributed by atoms with Gasteiger partial charge in [0.1, 0.15) is 11.4 Å². The van der Waals surface area contributed by atoms with E-state index < -0.39 is 22.3 Å². The molecule has 1 aromatic carbocycles. The number of nitrogens with zero attached hydrogens (tertiary/aromatic N) is 2. The van der Waals surface area contributed by atoms with E-state index in [1.807, 2.05) is 0 Å². The van der Waals surface area contributed by atoms with Crippen molar-refractivity contribution in [1.29, 1.82) is 0 Å². The Morgan fingerprint density at radius 2 is 2.32 bits per heavy atom. The zero-order chi connectivity index (χ0) is 13.8. The van der Waals surface area contributed by atoms with Crippen molar-refractivity contribution in [3.8, 4) is 0 Å². The molecule has 0 aliphatic rings. The molecular weight excluding hydrogens is 273 g/mol. The number of carbonyl (C=O) groups excluding carboxylic acids is 1. The van der Waals surface area contributed by atoms with Crippen molar-refractivity contribution in [3.05, 3.63) is 56.3 Å². The van der Waals surface area contributed by atoms with Crippen LogP contribution in [0.15, 0.2) is 29.1 Å². The number of hydrogen-bond donors (Lipinski definition) is 1. The van der Waals surface area contributed by atoms with Gasteiger partial charge in [0, 0.05) is 11.4 Å². The highest BCUT2D eigenvalue weighted by Gasteiger charge is 2.20. The first-order valence-corrected chi connectivity index (χ1v) is 6.11. The summed E-state index contributed by atoms with van der Waals surface area (Å²) in [5, 5.41) is 15.0. The number of thiazole rings is 1. The van der Waals surface area contributed by atoms with Crippen LogP contribution in [0.2, 0.25) is 0 Å². The second kappa shape index (κ2) is 5.53. The molecule has 0 aliphatic heterocycles. The third-order valence-corrected chi connectivity index (χ3v) is 2.95. The maximum Gasteiger partial charge on any atom is 0.282 e. The number of benzene rings is 1. The Hall–Kier alpha value is -2.35. The minimum atomic E-state index is -0.725. The Morgan fingerprint density at radius 3 is 2.95 bits per heavy atom. The topological polar surface area (TPSA) is 85.1 Å². The summed E-state index contributed by atoms with van der Waals surface area (Å²) >= 11 is 1.37. The van der Waals surface area contributed by atoms with Crippen LogP contribution < -0.4 is 5.32 Å². The van der Waals surface area contributed by atoms with E-state index in [0.717, 1.165) is 18.2 Å². The lowest BCUT2D eigenvalue weighted by Crippen LogP contribution is -2.24. The zero-order valence-corrected chi connectivity index (χ0v) is 10.3. The maximum absolute atomic E-state index is 13.1. The summed E-state index contributed by atoms with van der Waals surface area (Å²) in [7, 11) is 0. The predicted molar refractivity (Wildman–Crippen MR) is 66.3 cm³/mol. The molecule has 8 heteroatoms. The first-order valence-electron chi connectivity index (χ1n) is 5.17. The molecule has 2 rings (SSSR count). The quantitative estimate of drug-likeness (QED) is 0.687. The summed E-state index contributed by atoms with van der Waals surface area (Å²) in [5.74, 6) is -1.41. The number of amides is 1. The van der Waals surface area contributed by atoms with Gasteiger partial charge in [0.05, 0.1) is 22.7 Å². The van der Waals surface area contributed by atoms with Crippen molar-refractivity contribution in [2.45, 2.75) is 6.54 Å². The summed E-state index contributed by atoms with van der Waals surface area (Å²) in [4.78, 5) is 25.8. The van der Waals surface area contributed by atoms with E-state index in [4.69, 9.17) is 0 Å². The first-order chi connectivity index (χ1) is 9.08. The number of rotatable bonds is 4. The highest BCUT2D eigenvalue weighted by Crippen LogP contribution is 2.19. The molecule has 0 atom stereocenters. The fourth-order valence-electron chi connectivity index (χ4n) is 1.44. The van der Waals surface area contributed by atoms with Gasteiger partial charge in [0.2, 0.25) is 0 Å². The smallest absolute Gasteiger partial charge is 0.282 e. The molecule has 0 radical (unpaired) electrons. The number of nitro benzene ring substituents is 1. The predicted octanol–water partition coefficient (Wildman–Crippen LogP) is 2.12. The van der Waals surface area contributed by atoms with Crippen LogP contribution in [0.25, 0.3) is 0 Å². The van der Waals surface area contributed by atoms with Crippen LogP contribution in [0.1, 0.15) is 16.1 Å². The zero-order valence-electron chi connectivity index (χ0n) is 9.50. The van der Waals surface area contributed by atoms with Gasteiger partial charge in [-0.25, -0.2) is 9.37 Å². The van der Waals surface area contributed by atoms with Gasteiger partial charge in [-0.1, -0.05) is 0 Å². The Bertz CT molecular complexity index is 616. The van der Waals surface area contributed by atoms with E-state index in [0.29, 0.717) is 5.69 Å². The fraction of sp³-hybridized carbons (Fsp3) is 0.0909. The van der Waals surface area contributed by atoms with Gasteiger partial charge in [0.15, 0.2) is 0 Å². The van der Waals surface area contributed by atoms with Crippen molar-refractivity contribution < 1.29 is 14.1 Å². The molecule has 6 nitrogen and oxygen atoms in total. The third-order valence-electron chi connectivity index (χ3n) is 2.31. The largest absolute Gasteiger partial charge is 0.346 e. The van der Waals surface area contributed by atoms with Crippen LogP contribution in [0.4, 0.5) is 10.1 Å². The van der Waals surface area contributed by atoms with E-state index >= 15 is 0 Å². The van der Waals surface area contributed by atoms with E-state index in [2.05, 4.69) is 10.3 Å². The molecule has 0 bridgehead atoms. The number of carbonyl (C=O) groups is 1. The maximum atomic E-state index is 13.1. The molecule has 1 aromatic heterocycles. The molecule has 0 saturated carbocycles. The van der Waals surface area contributed by atoms with Crippen molar-refractivity contribution in [1.82, 2.24) is 10.3 Å². The standard InChI is InChI=1S/C11H8FN3O3S/c12-7-1-2-10(15(17)18)9(3-7)11(16)13-4-8-5-19-6-14-8/h1-3,5-6H,4H2,(H,13,16). The molecule has 19 heavy (non-hydrogen) atoms. The minimum Gasteiger partial charge on any atom is -0.346 e. The van der Waals surface area contributed by atoms with E-state index in [-0.39, 0.29) is 12.1 Å². The monoisotopic (exact) mass is 281 g/mol. The third kappa shape index (κ3) is 3.10. The number of hydrogen-bond acceptors (Lipinski definition) is 5. The van der Waals surface area contributed by atoms with Gasteiger partial charge < -0.3 is 5.32 Å². The minimum absolute atomic E-state index is 0.135. The van der Waals surface area contributed by atoms with Crippen LogP contribution in [-0.4, -0.2) is 15.8 Å². The SMILES string of the molecule is O=C(NCc1cscn1)c1cc(F)ccc1[N+](=O)[O-]. The first kappa shape index (κ1) is 13.1. The van der Waals surface area contributed by atoms with Crippen LogP contribution >= 0.6 is 11.3 Å². The summed E-state index contributed by atoms with van der Waals surface area (Å²) in [6.07, 6.45) is 0. The lowest BCUT2D eigenvalue weighted by atomic mass is 10.1. The Balaban J connectivity index is 2.18. The van der Waals surface area contributed by atoms with Crippen molar-refractivity contribution >= 4 is 22.9 Å². The number of aromatic nitrogens is 1. The average Bonchev–Trinajstić information content (AvgIpc) is 2.88. The molecule has 0 unspecified atom stereocenters. The van der Waals surface area contributed by atoms with E-state index in [9.17, 15) is 19.3 Å². The summed E-state index contributed by atoms with van der Waals surface area (Å²) in [5.41, 5.74) is 1.50. The normalized spacial score (nSPS) is 10.2. The van der Waals surface area contributed by atoms with Crippen molar-refractivity contribution in [2.24, 2.45) is 0 Å². The number of halogens is 1. The molecule has 1 amide bonds. The van der Waals surface area contributed by atoms with E-state index in [1.54, 1.807) is 10.9 Å².